The van der Waals surface area contributed by atoms with E-state index in [9.17, 15) is 24.0 Å². The van der Waals surface area contributed by atoms with E-state index in [1.807, 2.05) is 0 Å². The van der Waals surface area contributed by atoms with Gasteiger partial charge in [0.2, 0.25) is 5.91 Å². The third-order valence-electron chi connectivity index (χ3n) is 9.19. The highest BCUT2D eigenvalue weighted by molar-refractivity contribution is 5.98. The second-order valence-electron chi connectivity index (χ2n) is 14.2. The molecule has 0 aliphatic heterocycles. The molecule has 0 aliphatic rings. The molecule has 0 saturated heterocycles. The maximum atomic E-state index is 13.2. The van der Waals surface area contributed by atoms with Crippen LogP contribution in [0.4, 0.5) is 0 Å². The van der Waals surface area contributed by atoms with E-state index in [0.29, 0.717) is 24.9 Å². The maximum Gasteiger partial charge on any atom is 0.345 e. The van der Waals surface area contributed by atoms with Gasteiger partial charge in [0, 0.05) is 26.1 Å². The van der Waals surface area contributed by atoms with Gasteiger partial charge in [-0.1, -0.05) is 107 Å². The van der Waals surface area contributed by atoms with Gasteiger partial charge < -0.3 is 24.8 Å². The fourth-order valence-corrected chi connectivity index (χ4v) is 5.62. The lowest BCUT2D eigenvalue weighted by atomic mass is 9.86. The van der Waals surface area contributed by atoms with Crippen LogP contribution in [0.25, 0.3) is 0 Å². The number of hydrogen-bond acceptors (Lipinski definition) is 9. The molecule has 0 aliphatic carbocycles. The summed E-state index contributed by atoms with van der Waals surface area (Å²) in [6.07, 6.45) is 20.5. The molecule has 2 aromatic carbocycles. The Hall–Kier alpha value is -4.31. The molecule has 10 heteroatoms. The van der Waals surface area contributed by atoms with Crippen molar-refractivity contribution >= 4 is 29.8 Å². The number of esters is 4. The highest BCUT2D eigenvalue weighted by atomic mass is 16.6. The van der Waals surface area contributed by atoms with Crippen molar-refractivity contribution < 1.29 is 38.2 Å². The van der Waals surface area contributed by atoms with E-state index in [1.165, 1.54) is 83.8 Å². The van der Waals surface area contributed by atoms with Crippen LogP contribution in [0.5, 0.6) is 0 Å². The SMILES string of the molecule is CCCCCCCC/C=C\CCCCCCCC(=O)NCCCOC(=O)CCNCC(OC(=O)c1ccccc1)C(C)(C)C(=O)OC(=O)c1ccccc1. The van der Waals surface area contributed by atoms with E-state index in [-0.39, 0.29) is 37.6 Å². The molecule has 298 valence electrons. The van der Waals surface area contributed by atoms with Crippen LogP contribution in [0.1, 0.15) is 144 Å². The van der Waals surface area contributed by atoms with Crippen molar-refractivity contribution in [1.29, 1.82) is 0 Å². The van der Waals surface area contributed by atoms with Gasteiger partial charge >= 0.3 is 23.9 Å². The average Bonchev–Trinajstić information content (AvgIpc) is 3.17. The van der Waals surface area contributed by atoms with Gasteiger partial charge in [0.25, 0.3) is 0 Å². The molecule has 0 spiro atoms. The van der Waals surface area contributed by atoms with Crippen LogP contribution in [0.2, 0.25) is 0 Å². The standard InChI is InChI=1S/C44H64N2O8/c1-4-5-6-7-8-9-10-11-12-13-14-15-16-17-24-30-39(47)46-32-25-34-52-40(48)31-33-45-35-38(53-41(49)36-26-20-18-21-27-36)44(2,3)43(51)54-42(50)37-28-22-19-23-29-37/h11-12,18-23,26-29,38,45H,4-10,13-17,24-25,30-35H2,1-3H3,(H,46,47)/b12-11-. The number of unbranched alkanes of at least 4 members (excludes halogenated alkanes) is 11. The Kier molecular flexibility index (Phi) is 23.9. The van der Waals surface area contributed by atoms with Crippen LogP contribution in [0, 0.1) is 5.41 Å². The monoisotopic (exact) mass is 748 g/mol. The molecule has 1 amide bonds. The van der Waals surface area contributed by atoms with Crippen LogP contribution >= 0.6 is 0 Å². The van der Waals surface area contributed by atoms with E-state index in [0.717, 1.165) is 25.7 Å². The minimum absolute atomic E-state index is 0.0101. The quantitative estimate of drug-likeness (QED) is 0.0275. The number of rotatable bonds is 29. The molecule has 0 heterocycles. The van der Waals surface area contributed by atoms with E-state index in [1.54, 1.807) is 48.5 Å². The van der Waals surface area contributed by atoms with Gasteiger partial charge in [0.15, 0.2) is 0 Å². The summed E-state index contributed by atoms with van der Waals surface area (Å²) in [6, 6.07) is 16.5. The van der Waals surface area contributed by atoms with Gasteiger partial charge in [-0.25, -0.2) is 9.59 Å². The second kappa shape index (κ2) is 28.2. The fourth-order valence-electron chi connectivity index (χ4n) is 5.62. The van der Waals surface area contributed by atoms with Crippen molar-refractivity contribution in [3.8, 4) is 0 Å². The normalized spacial score (nSPS) is 11.9. The highest BCUT2D eigenvalue weighted by Gasteiger charge is 2.42. The van der Waals surface area contributed by atoms with Gasteiger partial charge in [-0.05, 0) is 76.6 Å². The van der Waals surface area contributed by atoms with Gasteiger partial charge in [0.1, 0.15) is 11.5 Å². The van der Waals surface area contributed by atoms with Gasteiger partial charge in [-0.2, -0.15) is 0 Å². The second-order valence-corrected chi connectivity index (χ2v) is 14.2. The largest absolute Gasteiger partial charge is 0.466 e. The topological polar surface area (TPSA) is 137 Å². The van der Waals surface area contributed by atoms with Crippen LogP contribution in [0.3, 0.4) is 0 Å². The molecule has 0 saturated carbocycles. The van der Waals surface area contributed by atoms with Crippen LogP contribution in [-0.4, -0.2) is 62.1 Å². The molecule has 2 aromatic rings. The molecular weight excluding hydrogens is 684 g/mol. The Morgan fingerprint density at radius 1 is 0.667 bits per heavy atom. The first kappa shape index (κ1) is 45.8. The average molecular weight is 749 g/mol. The van der Waals surface area contributed by atoms with E-state index in [4.69, 9.17) is 14.2 Å². The Morgan fingerprint density at radius 2 is 1.22 bits per heavy atom. The van der Waals surface area contributed by atoms with Crippen molar-refractivity contribution in [2.45, 2.75) is 130 Å². The third kappa shape index (κ3) is 20.2. The third-order valence-corrected chi connectivity index (χ3v) is 9.19. The highest BCUT2D eigenvalue weighted by Crippen LogP contribution is 2.27. The van der Waals surface area contributed by atoms with Crippen LogP contribution < -0.4 is 10.6 Å². The van der Waals surface area contributed by atoms with E-state index in [2.05, 4.69) is 29.7 Å². The molecule has 0 bridgehead atoms. The predicted molar refractivity (Wildman–Crippen MR) is 212 cm³/mol. The zero-order valence-electron chi connectivity index (χ0n) is 32.9. The summed E-state index contributed by atoms with van der Waals surface area (Å²) in [5.41, 5.74) is -0.904. The Morgan fingerprint density at radius 3 is 1.83 bits per heavy atom. The lowest BCUT2D eigenvalue weighted by molar-refractivity contribution is -0.154. The zero-order chi connectivity index (χ0) is 39.3. The van der Waals surface area contributed by atoms with Crippen LogP contribution in [-0.2, 0) is 28.6 Å². The Bertz CT molecular complexity index is 1390. The molecule has 54 heavy (non-hydrogen) atoms. The zero-order valence-corrected chi connectivity index (χ0v) is 32.9. The van der Waals surface area contributed by atoms with Crippen molar-refractivity contribution in [3.63, 3.8) is 0 Å². The summed E-state index contributed by atoms with van der Waals surface area (Å²) in [5, 5.41) is 5.95. The minimum Gasteiger partial charge on any atom is -0.466 e. The molecule has 0 radical (unpaired) electrons. The van der Waals surface area contributed by atoms with Crippen molar-refractivity contribution in [2.24, 2.45) is 5.41 Å². The molecule has 0 fully saturated rings. The first-order chi connectivity index (χ1) is 26.1. The molecule has 2 N–H and O–H groups in total. The molecule has 1 unspecified atom stereocenters. The maximum absolute atomic E-state index is 13.2. The number of nitrogens with one attached hydrogen (secondary N) is 2. The smallest absolute Gasteiger partial charge is 0.345 e. The van der Waals surface area contributed by atoms with E-state index < -0.39 is 35.4 Å². The summed E-state index contributed by atoms with van der Waals surface area (Å²) in [5.74, 6) is -2.72. The summed E-state index contributed by atoms with van der Waals surface area (Å²) >= 11 is 0. The number of allylic oxidation sites excluding steroid dienone is 2. The summed E-state index contributed by atoms with van der Waals surface area (Å²) in [4.78, 5) is 63.1. The number of amides is 1. The van der Waals surface area contributed by atoms with Gasteiger partial charge in [-0.3, -0.25) is 14.4 Å². The first-order valence-corrected chi connectivity index (χ1v) is 20.0. The fraction of sp³-hybridized carbons (Fsp3) is 0.568. The lowest BCUT2D eigenvalue weighted by Crippen LogP contribution is -2.47. The number of benzene rings is 2. The molecule has 1 atom stereocenters. The van der Waals surface area contributed by atoms with Crippen LogP contribution in [0.15, 0.2) is 72.8 Å². The summed E-state index contributed by atoms with van der Waals surface area (Å²) in [7, 11) is 0. The lowest BCUT2D eigenvalue weighted by Gasteiger charge is -2.31. The van der Waals surface area contributed by atoms with E-state index >= 15 is 0 Å². The number of hydrogen-bond donors (Lipinski definition) is 2. The molecular formula is C44H64N2O8. The Labute approximate surface area is 323 Å². The molecule has 2 rings (SSSR count). The number of ether oxygens (including phenoxy) is 3. The number of carbonyl (C=O) groups is 5. The molecule has 0 aromatic heterocycles. The number of carbonyl (C=O) groups excluding carboxylic acids is 5. The minimum atomic E-state index is -1.42. The molecule has 10 nitrogen and oxygen atoms in total. The first-order valence-electron chi connectivity index (χ1n) is 20.0. The van der Waals surface area contributed by atoms with Crippen molar-refractivity contribution in [1.82, 2.24) is 10.6 Å². The van der Waals surface area contributed by atoms with Gasteiger partial charge in [-0.15, -0.1) is 0 Å². The Balaban J connectivity index is 1.60. The predicted octanol–water partition coefficient (Wildman–Crippen LogP) is 8.69. The summed E-state index contributed by atoms with van der Waals surface area (Å²) < 4.78 is 16.2. The van der Waals surface area contributed by atoms with Gasteiger partial charge in [0.05, 0.1) is 24.2 Å². The van der Waals surface area contributed by atoms with Crippen molar-refractivity contribution in [3.05, 3.63) is 83.9 Å². The van der Waals surface area contributed by atoms with Crippen molar-refractivity contribution in [2.75, 3.05) is 26.2 Å². The summed E-state index contributed by atoms with van der Waals surface area (Å²) in [6.45, 7) is 6.13.